The predicted octanol–water partition coefficient (Wildman–Crippen LogP) is 2.00. The molecule has 0 saturated heterocycles. The normalized spacial score (nSPS) is 10.0. The second-order valence-electron chi connectivity index (χ2n) is 2.81. The third-order valence-corrected chi connectivity index (χ3v) is 1.89. The van der Waals surface area contributed by atoms with Gasteiger partial charge in [0.25, 0.3) is 0 Å². The maximum Gasteiger partial charge on any atom is 0.205 e. The van der Waals surface area contributed by atoms with Gasteiger partial charge in [0.2, 0.25) is 5.78 Å². The molecule has 0 bridgehead atoms. The number of allylic oxidation sites excluding steroid dienone is 1. The first-order chi connectivity index (χ1) is 6.81. The molecular weight excluding hydrogens is 176 g/mol. The molecule has 14 heavy (non-hydrogen) atoms. The van der Waals surface area contributed by atoms with Crippen molar-refractivity contribution >= 4 is 16.8 Å². The molecule has 68 valence electrons. The average Bonchev–Trinajstić information content (AvgIpc) is 2.27. The summed E-state index contributed by atoms with van der Waals surface area (Å²) in [5, 5.41) is 0. The molecule has 0 aliphatic carbocycles. The van der Waals surface area contributed by atoms with Crippen molar-refractivity contribution in [2.45, 2.75) is 0 Å². The second-order valence-corrected chi connectivity index (χ2v) is 2.81. The second kappa shape index (κ2) is 3.38. The van der Waals surface area contributed by atoms with Gasteiger partial charge in [0.1, 0.15) is 5.69 Å². The Hall–Kier alpha value is -2.03. The Labute approximate surface area is 81.1 Å². The lowest BCUT2D eigenvalue weighted by atomic mass is 10.2. The number of aromatic nitrogens is 2. The van der Waals surface area contributed by atoms with Gasteiger partial charge in [-0.3, -0.25) is 9.78 Å². The van der Waals surface area contributed by atoms with E-state index in [-0.39, 0.29) is 5.78 Å². The quantitative estimate of drug-likeness (QED) is 0.529. The van der Waals surface area contributed by atoms with Gasteiger partial charge >= 0.3 is 0 Å². The summed E-state index contributed by atoms with van der Waals surface area (Å²) in [6.07, 6.45) is 2.70. The number of rotatable bonds is 2. The summed E-state index contributed by atoms with van der Waals surface area (Å²) in [6.45, 7) is 3.40. The third kappa shape index (κ3) is 1.40. The molecular formula is C11H8N2O. The van der Waals surface area contributed by atoms with Crippen molar-refractivity contribution in [1.29, 1.82) is 0 Å². The number of para-hydroxylation sites is 2. The lowest BCUT2D eigenvalue weighted by Gasteiger charge is -1.97. The zero-order chi connectivity index (χ0) is 9.97. The first kappa shape index (κ1) is 8.56. The van der Waals surface area contributed by atoms with Gasteiger partial charge in [-0.15, -0.1) is 0 Å². The van der Waals surface area contributed by atoms with E-state index in [1.54, 1.807) is 0 Å². The van der Waals surface area contributed by atoms with Gasteiger partial charge in [-0.2, -0.15) is 0 Å². The van der Waals surface area contributed by atoms with E-state index in [9.17, 15) is 4.79 Å². The molecule has 0 fully saturated rings. The minimum Gasteiger partial charge on any atom is -0.287 e. The smallest absolute Gasteiger partial charge is 0.205 e. The van der Waals surface area contributed by atoms with Crippen LogP contribution in [0.5, 0.6) is 0 Å². The number of hydrogen-bond donors (Lipinski definition) is 0. The van der Waals surface area contributed by atoms with Gasteiger partial charge in [-0.1, -0.05) is 18.7 Å². The van der Waals surface area contributed by atoms with Gasteiger partial charge in [0.15, 0.2) is 0 Å². The van der Waals surface area contributed by atoms with Crippen LogP contribution in [0.1, 0.15) is 10.5 Å². The van der Waals surface area contributed by atoms with Crippen molar-refractivity contribution < 1.29 is 4.79 Å². The van der Waals surface area contributed by atoms with Gasteiger partial charge < -0.3 is 0 Å². The molecule has 0 amide bonds. The van der Waals surface area contributed by atoms with Gasteiger partial charge in [-0.05, 0) is 18.2 Å². The van der Waals surface area contributed by atoms with E-state index in [1.165, 1.54) is 12.3 Å². The Bertz CT molecular complexity index is 505. The van der Waals surface area contributed by atoms with E-state index in [1.807, 2.05) is 24.3 Å². The molecule has 1 heterocycles. The van der Waals surface area contributed by atoms with Crippen LogP contribution in [0.25, 0.3) is 11.0 Å². The van der Waals surface area contributed by atoms with E-state index in [4.69, 9.17) is 0 Å². The molecule has 0 atom stereocenters. The molecule has 0 N–H and O–H groups in total. The molecule has 3 heteroatoms. The molecule has 0 radical (unpaired) electrons. The summed E-state index contributed by atoms with van der Waals surface area (Å²) < 4.78 is 0. The van der Waals surface area contributed by atoms with Crippen LogP contribution in [-0.2, 0) is 0 Å². The first-order valence-corrected chi connectivity index (χ1v) is 4.20. The number of hydrogen-bond acceptors (Lipinski definition) is 3. The number of carbonyl (C=O) groups excluding carboxylic acids is 1. The molecule has 1 aromatic heterocycles. The summed E-state index contributed by atoms with van der Waals surface area (Å²) in [5.41, 5.74) is 1.84. The molecule has 1 aromatic carbocycles. The van der Waals surface area contributed by atoms with Crippen molar-refractivity contribution in [3.63, 3.8) is 0 Å². The summed E-state index contributed by atoms with van der Waals surface area (Å²) in [5.74, 6) is -0.205. The zero-order valence-corrected chi connectivity index (χ0v) is 7.47. The number of carbonyl (C=O) groups is 1. The Morgan fingerprint density at radius 2 is 2.00 bits per heavy atom. The Kier molecular flexibility index (Phi) is 2.07. The minimum atomic E-state index is -0.205. The van der Waals surface area contributed by atoms with E-state index >= 15 is 0 Å². The van der Waals surface area contributed by atoms with Crippen LogP contribution < -0.4 is 0 Å². The molecule has 2 aromatic rings. The van der Waals surface area contributed by atoms with Gasteiger partial charge in [-0.25, -0.2) is 4.98 Å². The third-order valence-electron chi connectivity index (χ3n) is 1.89. The first-order valence-electron chi connectivity index (χ1n) is 4.20. The molecule has 2 rings (SSSR count). The van der Waals surface area contributed by atoms with Crippen molar-refractivity contribution in [2.24, 2.45) is 0 Å². The number of fused-ring (bicyclic) bond motifs is 1. The predicted molar refractivity (Wildman–Crippen MR) is 54.1 cm³/mol. The van der Waals surface area contributed by atoms with Gasteiger partial charge in [0, 0.05) is 0 Å². The maximum absolute atomic E-state index is 11.2. The van der Waals surface area contributed by atoms with E-state index in [0.29, 0.717) is 5.69 Å². The van der Waals surface area contributed by atoms with Crippen molar-refractivity contribution in [2.75, 3.05) is 0 Å². The monoisotopic (exact) mass is 184 g/mol. The average molecular weight is 184 g/mol. The largest absolute Gasteiger partial charge is 0.287 e. The fourth-order valence-corrected chi connectivity index (χ4v) is 1.18. The zero-order valence-electron chi connectivity index (χ0n) is 7.47. The van der Waals surface area contributed by atoms with Crippen molar-refractivity contribution in [3.8, 4) is 0 Å². The Morgan fingerprint density at radius 1 is 1.29 bits per heavy atom. The van der Waals surface area contributed by atoms with Crippen LogP contribution in [0.2, 0.25) is 0 Å². The highest BCUT2D eigenvalue weighted by Gasteiger charge is 2.04. The lowest BCUT2D eigenvalue weighted by Crippen LogP contribution is -1.99. The minimum absolute atomic E-state index is 0.205. The van der Waals surface area contributed by atoms with Crippen LogP contribution in [-0.4, -0.2) is 15.8 Å². The molecule has 0 aliphatic rings. The number of nitrogens with zero attached hydrogens (tertiary/aromatic N) is 2. The molecule has 0 spiro atoms. The summed E-state index contributed by atoms with van der Waals surface area (Å²) in [7, 11) is 0. The highest BCUT2D eigenvalue weighted by molar-refractivity contribution is 6.03. The van der Waals surface area contributed by atoms with E-state index in [0.717, 1.165) is 11.0 Å². The molecule has 0 saturated carbocycles. The molecule has 3 nitrogen and oxygen atoms in total. The fraction of sp³-hybridized carbons (Fsp3) is 0. The van der Waals surface area contributed by atoms with Crippen LogP contribution in [0, 0.1) is 0 Å². The highest BCUT2D eigenvalue weighted by Crippen LogP contribution is 2.08. The van der Waals surface area contributed by atoms with Gasteiger partial charge in [0.05, 0.1) is 17.2 Å². The lowest BCUT2D eigenvalue weighted by molar-refractivity contribution is 0.104. The Balaban J connectivity index is 2.62. The van der Waals surface area contributed by atoms with E-state index < -0.39 is 0 Å². The van der Waals surface area contributed by atoms with Crippen molar-refractivity contribution in [1.82, 2.24) is 9.97 Å². The van der Waals surface area contributed by atoms with Crippen LogP contribution in [0.3, 0.4) is 0 Å². The Morgan fingerprint density at radius 3 is 2.71 bits per heavy atom. The molecule has 0 aliphatic heterocycles. The molecule has 0 unspecified atom stereocenters. The van der Waals surface area contributed by atoms with Crippen LogP contribution >= 0.6 is 0 Å². The van der Waals surface area contributed by atoms with Crippen molar-refractivity contribution in [3.05, 3.63) is 48.8 Å². The maximum atomic E-state index is 11.2. The fourth-order valence-electron chi connectivity index (χ4n) is 1.18. The number of benzene rings is 1. The summed E-state index contributed by atoms with van der Waals surface area (Å²) in [4.78, 5) is 19.5. The number of ketones is 1. The topological polar surface area (TPSA) is 42.9 Å². The standard InChI is InChI=1S/C11H8N2O/c1-2-11(14)10-7-12-8-5-3-4-6-9(8)13-10/h2-7H,1H2. The highest BCUT2D eigenvalue weighted by atomic mass is 16.1. The van der Waals surface area contributed by atoms with Crippen LogP contribution in [0.15, 0.2) is 43.1 Å². The summed E-state index contributed by atoms with van der Waals surface area (Å²) >= 11 is 0. The SMILES string of the molecule is C=CC(=O)c1cnc2ccccc2n1. The summed E-state index contributed by atoms with van der Waals surface area (Å²) in [6, 6.07) is 7.41. The van der Waals surface area contributed by atoms with Crippen LogP contribution in [0.4, 0.5) is 0 Å². The van der Waals surface area contributed by atoms with E-state index in [2.05, 4.69) is 16.5 Å².